The van der Waals surface area contributed by atoms with Crippen LogP contribution in [0.5, 0.6) is 0 Å². The number of nitrogens with one attached hydrogen (secondary N) is 1. The molecule has 1 aliphatic rings. The van der Waals surface area contributed by atoms with Crippen LogP contribution in [-0.2, 0) is 16.1 Å². The van der Waals surface area contributed by atoms with Crippen LogP contribution in [0.4, 0.5) is 0 Å². The van der Waals surface area contributed by atoms with E-state index in [1.807, 2.05) is 6.92 Å². The zero-order valence-electron chi connectivity index (χ0n) is 11.9. The van der Waals surface area contributed by atoms with E-state index in [4.69, 9.17) is 0 Å². The first-order chi connectivity index (χ1) is 9.95. The molecule has 0 bridgehead atoms. The summed E-state index contributed by atoms with van der Waals surface area (Å²) in [5.41, 5.74) is -1.77. The largest absolute Gasteiger partial charge is 0.479 e. The number of aromatic nitrogens is 2. The number of hydrogen-bond donors (Lipinski definition) is 2. The van der Waals surface area contributed by atoms with Gasteiger partial charge in [0.05, 0.1) is 0 Å². The van der Waals surface area contributed by atoms with E-state index in [1.54, 1.807) is 6.07 Å². The number of carboxylic acid groups (broad SMARTS) is 1. The van der Waals surface area contributed by atoms with Crippen LogP contribution in [0.3, 0.4) is 0 Å². The molecule has 1 amide bonds. The number of carboxylic acids is 1. The SMILES string of the molecule is CC1CCCCC1(NC(=O)Cn1cccnc1=O)C(=O)O. The molecular weight excluding hydrogens is 274 g/mol. The quantitative estimate of drug-likeness (QED) is 0.836. The zero-order valence-corrected chi connectivity index (χ0v) is 11.9. The highest BCUT2D eigenvalue weighted by Crippen LogP contribution is 2.33. The average Bonchev–Trinajstić information content (AvgIpc) is 2.44. The van der Waals surface area contributed by atoms with Gasteiger partial charge in [-0.2, -0.15) is 0 Å². The van der Waals surface area contributed by atoms with E-state index in [1.165, 1.54) is 12.4 Å². The highest BCUT2D eigenvalue weighted by atomic mass is 16.4. The van der Waals surface area contributed by atoms with E-state index in [2.05, 4.69) is 10.3 Å². The summed E-state index contributed by atoms with van der Waals surface area (Å²) >= 11 is 0. The molecular formula is C14H19N3O4. The lowest BCUT2D eigenvalue weighted by Gasteiger charge is -2.39. The number of carbonyl (C=O) groups is 2. The molecule has 0 radical (unpaired) electrons. The van der Waals surface area contributed by atoms with Crippen LogP contribution in [0.1, 0.15) is 32.6 Å². The Bertz CT molecular complexity index is 598. The van der Waals surface area contributed by atoms with Gasteiger partial charge in [-0.3, -0.25) is 9.36 Å². The first kappa shape index (κ1) is 15.2. The first-order valence-electron chi connectivity index (χ1n) is 7.01. The molecule has 7 nitrogen and oxygen atoms in total. The van der Waals surface area contributed by atoms with Crippen molar-refractivity contribution < 1.29 is 14.7 Å². The molecule has 2 unspecified atom stereocenters. The number of carbonyl (C=O) groups excluding carboxylic acids is 1. The van der Waals surface area contributed by atoms with Crippen molar-refractivity contribution in [2.75, 3.05) is 0 Å². The van der Waals surface area contributed by atoms with Crippen LogP contribution in [-0.4, -0.2) is 32.1 Å². The molecule has 0 saturated heterocycles. The minimum Gasteiger partial charge on any atom is -0.479 e. The molecule has 0 aromatic carbocycles. The van der Waals surface area contributed by atoms with Crippen LogP contribution < -0.4 is 11.0 Å². The lowest BCUT2D eigenvalue weighted by Crippen LogP contribution is -2.60. The van der Waals surface area contributed by atoms with Gasteiger partial charge in [-0.05, 0) is 24.8 Å². The predicted octanol–water partition coefficient (Wildman–Crippen LogP) is 0.393. The second-order valence-electron chi connectivity index (χ2n) is 5.50. The van der Waals surface area contributed by atoms with Crippen molar-refractivity contribution in [1.82, 2.24) is 14.9 Å². The molecule has 2 atom stereocenters. The maximum atomic E-state index is 12.1. The number of amides is 1. The van der Waals surface area contributed by atoms with Crippen LogP contribution in [0.25, 0.3) is 0 Å². The van der Waals surface area contributed by atoms with Gasteiger partial charge in [0, 0.05) is 12.4 Å². The topological polar surface area (TPSA) is 101 Å². The highest BCUT2D eigenvalue weighted by Gasteiger charge is 2.46. The predicted molar refractivity (Wildman–Crippen MR) is 74.6 cm³/mol. The third-order valence-corrected chi connectivity index (χ3v) is 4.14. The summed E-state index contributed by atoms with van der Waals surface area (Å²) in [4.78, 5) is 38.8. The summed E-state index contributed by atoms with van der Waals surface area (Å²) in [7, 11) is 0. The molecule has 1 aromatic rings. The Morgan fingerprint density at radius 2 is 2.29 bits per heavy atom. The normalized spacial score (nSPS) is 25.3. The van der Waals surface area contributed by atoms with Crippen LogP contribution in [0, 0.1) is 5.92 Å². The Morgan fingerprint density at radius 1 is 1.52 bits per heavy atom. The molecule has 1 fully saturated rings. The van der Waals surface area contributed by atoms with E-state index < -0.39 is 23.1 Å². The minimum absolute atomic E-state index is 0.140. The molecule has 2 N–H and O–H groups in total. The van der Waals surface area contributed by atoms with Gasteiger partial charge in [-0.1, -0.05) is 19.8 Å². The van der Waals surface area contributed by atoms with Crippen LogP contribution >= 0.6 is 0 Å². The number of nitrogens with zero attached hydrogens (tertiary/aromatic N) is 2. The van der Waals surface area contributed by atoms with Crippen LogP contribution in [0.2, 0.25) is 0 Å². The van der Waals surface area contributed by atoms with Gasteiger partial charge in [0.15, 0.2) is 0 Å². The van der Waals surface area contributed by atoms with E-state index in [9.17, 15) is 19.5 Å². The molecule has 0 spiro atoms. The van der Waals surface area contributed by atoms with Crippen molar-refractivity contribution in [1.29, 1.82) is 0 Å². The summed E-state index contributed by atoms with van der Waals surface area (Å²) in [6.07, 6.45) is 5.71. The van der Waals surface area contributed by atoms with Crippen molar-refractivity contribution in [3.63, 3.8) is 0 Å². The second-order valence-corrected chi connectivity index (χ2v) is 5.50. The van der Waals surface area contributed by atoms with Gasteiger partial charge in [0.2, 0.25) is 5.91 Å². The summed E-state index contributed by atoms with van der Waals surface area (Å²) in [5, 5.41) is 12.2. The molecule has 0 aliphatic heterocycles. The summed E-state index contributed by atoms with van der Waals surface area (Å²) < 4.78 is 1.15. The molecule has 114 valence electrons. The van der Waals surface area contributed by atoms with Gasteiger partial charge >= 0.3 is 11.7 Å². The van der Waals surface area contributed by atoms with E-state index in [-0.39, 0.29) is 12.5 Å². The highest BCUT2D eigenvalue weighted by molar-refractivity contribution is 5.87. The lowest BCUT2D eigenvalue weighted by molar-refractivity contribution is -0.152. The van der Waals surface area contributed by atoms with Crippen molar-refractivity contribution in [2.45, 2.75) is 44.7 Å². The van der Waals surface area contributed by atoms with Crippen LogP contribution in [0.15, 0.2) is 23.3 Å². The minimum atomic E-state index is -1.23. The maximum absolute atomic E-state index is 12.1. The Kier molecular flexibility index (Phi) is 4.40. The van der Waals surface area contributed by atoms with Gasteiger partial charge in [-0.25, -0.2) is 14.6 Å². The fourth-order valence-electron chi connectivity index (χ4n) is 2.85. The Morgan fingerprint density at radius 3 is 2.90 bits per heavy atom. The lowest BCUT2D eigenvalue weighted by atomic mass is 9.73. The second kappa shape index (κ2) is 6.07. The molecule has 7 heteroatoms. The Labute approximate surface area is 122 Å². The van der Waals surface area contributed by atoms with Crippen molar-refractivity contribution in [3.05, 3.63) is 28.9 Å². The van der Waals surface area contributed by atoms with Gasteiger partial charge in [0.25, 0.3) is 0 Å². The average molecular weight is 293 g/mol. The van der Waals surface area contributed by atoms with E-state index in [0.717, 1.165) is 23.8 Å². The standard InChI is InChI=1S/C14H19N3O4/c1-10-5-2-3-6-14(10,12(19)20)16-11(18)9-17-8-4-7-15-13(17)21/h4,7-8,10H,2-3,5-6,9H2,1H3,(H,16,18)(H,19,20). The number of rotatable bonds is 4. The van der Waals surface area contributed by atoms with Gasteiger partial charge < -0.3 is 10.4 Å². The fraction of sp³-hybridized carbons (Fsp3) is 0.571. The fourth-order valence-corrected chi connectivity index (χ4v) is 2.85. The summed E-state index contributed by atoms with van der Waals surface area (Å²) in [6.45, 7) is 1.61. The molecule has 1 heterocycles. The van der Waals surface area contributed by atoms with Crippen molar-refractivity contribution in [2.24, 2.45) is 5.92 Å². The van der Waals surface area contributed by atoms with E-state index in [0.29, 0.717) is 6.42 Å². The first-order valence-corrected chi connectivity index (χ1v) is 7.01. The third kappa shape index (κ3) is 3.12. The molecule has 1 aromatic heterocycles. The molecule has 2 rings (SSSR count). The summed E-state index contributed by atoms with van der Waals surface area (Å²) in [6, 6.07) is 1.55. The zero-order chi connectivity index (χ0) is 15.5. The maximum Gasteiger partial charge on any atom is 0.347 e. The Balaban J connectivity index is 2.14. The number of aliphatic carboxylic acids is 1. The Hall–Kier alpha value is -2.18. The van der Waals surface area contributed by atoms with E-state index >= 15 is 0 Å². The molecule has 21 heavy (non-hydrogen) atoms. The smallest absolute Gasteiger partial charge is 0.347 e. The van der Waals surface area contributed by atoms with Gasteiger partial charge in [-0.15, -0.1) is 0 Å². The number of hydrogen-bond acceptors (Lipinski definition) is 4. The summed E-state index contributed by atoms with van der Waals surface area (Å²) in [5.74, 6) is -1.64. The molecule has 1 aliphatic carbocycles. The van der Waals surface area contributed by atoms with Crippen molar-refractivity contribution in [3.8, 4) is 0 Å². The monoisotopic (exact) mass is 293 g/mol. The van der Waals surface area contributed by atoms with Gasteiger partial charge in [0.1, 0.15) is 12.1 Å². The third-order valence-electron chi connectivity index (χ3n) is 4.14. The van der Waals surface area contributed by atoms with Crippen molar-refractivity contribution >= 4 is 11.9 Å². The molecule has 1 saturated carbocycles.